The minimum absolute atomic E-state index is 0.222. The topological polar surface area (TPSA) is 110 Å². The van der Waals surface area contributed by atoms with E-state index >= 15 is 0 Å². The van der Waals surface area contributed by atoms with Crippen molar-refractivity contribution in [2.45, 2.75) is 13.5 Å². The van der Waals surface area contributed by atoms with Crippen LogP contribution in [0.25, 0.3) is 6.08 Å². The van der Waals surface area contributed by atoms with Gasteiger partial charge in [-0.25, -0.2) is 9.59 Å². The van der Waals surface area contributed by atoms with Crippen molar-refractivity contribution in [3.8, 4) is 0 Å². The molecule has 0 radical (unpaired) electrons. The van der Waals surface area contributed by atoms with Gasteiger partial charge in [-0.1, -0.05) is 12.1 Å². The summed E-state index contributed by atoms with van der Waals surface area (Å²) in [4.78, 5) is 47.8. The second-order valence-electron chi connectivity index (χ2n) is 4.99. The van der Waals surface area contributed by atoms with E-state index in [4.69, 9.17) is 4.74 Å². The highest BCUT2D eigenvalue weighted by atomic mass is 16.5. The van der Waals surface area contributed by atoms with Crippen LogP contribution >= 0.6 is 0 Å². The van der Waals surface area contributed by atoms with E-state index in [0.29, 0.717) is 12.3 Å². The molecule has 2 aromatic rings. The van der Waals surface area contributed by atoms with Crippen LogP contribution < -0.4 is 16.6 Å². The van der Waals surface area contributed by atoms with E-state index in [0.717, 1.165) is 10.1 Å². The number of rotatable bonds is 6. The number of nitrogens with zero attached hydrogens (tertiary/aromatic N) is 1. The highest BCUT2D eigenvalue weighted by Crippen LogP contribution is 2.11. The first kappa shape index (κ1) is 17.9. The van der Waals surface area contributed by atoms with Gasteiger partial charge in [0.15, 0.2) is 0 Å². The first-order valence-electron chi connectivity index (χ1n) is 7.52. The molecule has 1 aromatic heterocycles. The number of esters is 1. The first-order chi connectivity index (χ1) is 12.0. The molecule has 1 heterocycles. The van der Waals surface area contributed by atoms with Gasteiger partial charge in [-0.05, 0) is 30.7 Å². The predicted octanol–water partition coefficient (Wildman–Crippen LogP) is 0.752. The van der Waals surface area contributed by atoms with E-state index in [1.807, 2.05) is 0 Å². The summed E-state index contributed by atoms with van der Waals surface area (Å²) < 4.78 is 5.87. The van der Waals surface area contributed by atoms with E-state index < -0.39 is 23.1 Å². The van der Waals surface area contributed by atoms with Crippen LogP contribution in [-0.4, -0.2) is 28.0 Å². The van der Waals surface area contributed by atoms with Crippen molar-refractivity contribution in [2.24, 2.45) is 0 Å². The average Bonchev–Trinajstić information content (AvgIpc) is 2.57. The molecule has 25 heavy (non-hydrogen) atoms. The second kappa shape index (κ2) is 8.44. The van der Waals surface area contributed by atoms with Crippen molar-refractivity contribution in [3.05, 3.63) is 69.0 Å². The minimum atomic E-state index is -0.651. The van der Waals surface area contributed by atoms with Crippen molar-refractivity contribution in [3.63, 3.8) is 0 Å². The number of aromatic nitrogens is 2. The highest BCUT2D eigenvalue weighted by molar-refractivity contribution is 5.91. The van der Waals surface area contributed by atoms with Crippen molar-refractivity contribution in [1.29, 1.82) is 0 Å². The third-order valence-corrected chi connectivity index (χ3v) is 3.10. The number of nitrogens with one attached hydrogen (secondary N) is 2. The maximum atomic E-state index is 12.0. The van der Waals surface area contributed by atoms with E-state index in [2.05, 4.69) is 10.3 Å². The van der Waals surface area contributed by atoms with Gasteiger partial charge in [-0.15, -0.1) is 0 Å². The molecule has 1 amide bonds. The molecule has 0 aliphatic carbocycles. The molecule has 0 spiro atoms. The Kier molecular flexibility index (Phi) is 6.05. The van der Waals surface area contributed by atoms with Gasteiger partial charge in [0.1, 0.15) is 6.54 Å². The van der Waals surface area contributed by atoms with Crippen LogP contribution in [0.1, 0.15) is 12.5 Å². The number of anilines is 1. The Morgan fingerprint density at radius 1 is 1.20 bits per heavy atom. The molecule has 0 aliphatic heterocycles. The van der Waals surface area contributed by atoms with Crippen LogP contribution in [-0.2, 0) is 20.9 Å². The van der Waals surface area contributed by atoms with Gasteiger partial charge in [0.05, 0.1) is 6.61 Å². The van der Waals surface area contributed by atoms with Crippen LogP contribution in [0.5, 0.6) is 0 Å². The molecule has 2 N–H and O–H groups in total. The van der Waals surface area contributed by atoms with E-state index in [9.17, 15) is 19.2 Å². The Morgan fingerprint density at radius 2 is 1.92 bits per heavy atom. The standard InChI is InChI=1S/C17H17N3O5/c1-2-25-16(23)8-5-12-3-6-13(7-4-12)18-15(22)11-20-10-9-14(21)19-17(20)24/h3-10H,2,11H2,1H3,(H,18,22)(H,19,21,24)/b8-5+. The molecule has 0 saturated heterocycles. The molecule has 0 saturated carbocycles. The maximum Gasteiger partial charge on any atom is 0.330 e. The van der Waals surface area contributed by atoms with Crippen LogP contribution in [0.4, 0.5) is 5.69 Å². The van der Waals surface area contributed by atoms with Gasteiger partial charge in [0, 0.05) is 24.0 Å². The molecule has 8 nitrogen and oxygen atoms in total. The lowest BCUT2D eigenvalue weighted by Crippen LogP contribution is -2.32. The monoisotopic (exact) mass is 343 g/mol. The summed E-state index contributed by atoms with van der Waals surface area (Å²) in [6, 6.07) is 7.94. The Hall–Kier alpha value is -3.42. The lowest BCUT2D eigenvalue weighted by atomic mass is 10.2. The summed E-state index contributed by atoms with van der Waals surface area (Å²) >= 11 is 0. The fourth-order valence-electron chi connectivity index (χ4n) is 1.96. The summed E-state index contributed by atoms with van der Waals surface area (Å²) in [7, 11) is 0. The maximum absolute atomic E-state index is 12.0. The van der Waals surface area contributed by atoms with Crippen molar-refractivity contribution in [2.75, 3.05) is 11.9 Å². The average molecular weight is 343 g/mol. The summed E-state index contributed by atoms with van der Waals surface area (Å²) in [5.74, 6) is -0.838. The number of amides is 1. The number of H-pyrrole nitrogens is 1. The third kappa shape index (κ3) is 5.61. The summed E-state index contributed by atoms with van der Waals surface area (Å²) in [5.41, 5.74) is 0.133. The van der Waals surface area contributed by atoms with Crippen LogP contribution in [0.15, 0.2) is 52.2 Å². The van der Waals surface area contributed by atoms with Crippen LogP contribution in [0.2, 0.25) is 0 Å². The van der Waals surface area contributed by atoms with Crippen molar-refractivity contribution >= 4 is 23.6 Å². The second-order valence-corrected chi connectivity index (χ2v) is 4.99. The number of carbonyl (C=O) groups excluding carboxylic acids is 2. The fraction of sp³-hybridized carbons (Fsp3) is 0.176. The molecule has 0 unspecified atom stereocenters. The number of aromatic amines is 1. The highest BCUT2D eigenvalue weighted by Gasteiger charge is 2.05. The summed E-state index contributed by atoms with van der Waals surface area (Å²) in [6.07, 6.45) is 4.17. The van der Waals surface area contributed by atoms with Crippen LogP contribution in [0, 0.1) is 0 Å². The largest absolute Gasteiger partial charge is 0.463 e. The summed E-state index contributed by atoms with van der Waals surface area (Å²) in [5, 5.41) is 2.64. The van der Waals surface area contributed by atoms with Gasteiger partial charge in [-0.2, -0.15) is 0 Å². The van der Waals surface area contributed by atoms with Crippen molar-refractivity contribution < 1.29 is 14.3 Å². The number of hydrogen-bond acceptors (Lipinski definition) is 5. The fourth-order valence-corrected chi connectivity index (χ4v) is 1.96. The molecular weight excluding hydrogens is 326 g/mol. The summed E-state index contributed by atoms with van der Waals surface area (Å²) in [6.45, 7) is 1.82. The predicted molar refractivity (Wildman–Crippen MR) is 92.1 cm³/mol. The molecule has 1 aromatic carbocycles. The molecule has 2 rings (SSSR count). The number of hydrogen-bond donors (Lipinski definition) is 2. The smallest absolute Gasteiger partial charge is 0.330 e. The van der Waals surface area contributed by atoms with Crippen molar-refractivity contribution in [1.82, 2.24) is 9.55 Å². The SMILES string of the molecule is CCOC(=O)/C=C/c1ccc(NC(=O)Cn2ccc(=O)[nH]c2=O)cc1. The van der Waals surface area contributed by atoms with Gasteiger partial charge in [0.2, 0.25) is 5.91 Å². The Balaban J connectivity index is 1.96. The Labute approximate surface area is 142 Å². The van der Waals surface area contributed by atoms with Gasteiger partial charge >= 0.3 is 11.7 Å². The zero-order valence-electron chi connectivity index (χ0n) is 13.5. The Bertz CT molecular complexity index is 893. The Morgan fingerprint density at radius 3 is 2.56 bits per heavy atom. The van der Waals surface area contributed by atoms with Gasteiger partial charge < -0.3 is 10.1 Å². The van der Waals surface area contributed by atoms with Gasteiger partial charge in [0.25, 0.3) is 5.56 Å². The molecule has 0 bridgehead atoms. The lowest BCUT2D eigenvalue weighted by molar-refractivity contribution is -0.137. The number of ether oxygens (including phenoxy) is 1. The molecule has 0 aliphatic rings. The zero-order chi connectivity index (χ0) is 18.2. The molecule has 8 heteroatoms. The van der Waals surface area contributed by atoms with E-state index in [1.54, 1.807) is 37.3 Å². The zero-order valence-corrected chi connectivity index (χ0v) is 13.5. The molecule has 0 atom stereocenters. The van der Waals surface area contributed by atoms with E-state index in [-0.39, 0.29) is 6.54 Å². The molecule has 0 fully saturated rings. The lowest BCUT2D eigenvalue weighted by Gasteiger charge is -2.07. The van der Waals surface area contributed by atoms with E-state index in [1.165, 1.54) is 18.3 Å². The third-order valence-electron chi connectivity index (χ3n) is 3.10. The minimum Gasteiger partial charge on any atom is -0.463 e. The first-order valence-corrected chi connectivity index (χ1v) is 7.52. The quantitative estimate of drug-likeness (QED) is 0.594. The normalized spacial score (nSPS) is 10.6. The molecular formula is C17H17N3O5. The van der Waals surface area contributed by atoms with Crippen LogP contribution in [0.3, 0.4) is 0 Å². The molecule has 130 valence electrons. The number of carbonyl (C=O) groups is 2. The number of benzene rings is 1. The van der Waals surface area contributed by atoms with Gasteiger partial charge in [-0.3, -0.25) is 19.1 Å².